The summed E-state index contributed by atoms with van der Waals surface area (Å²) in [6, 6.07) is 3.53. The fourth-order valence-electron chi connectivity index (χ4n) is 0.665. The van der Waals surface area contributed by atoms with E-state index in [2.05, 4.69) is 4.98 Å². The van der Waals surface area contributed by atoms with Crippen LogP contribution in [-0.2, 0) is 0 Å². The molecule has 1 heterocycles. The number of rotatable bonds is 1. The van der Waals surface area contributed by atoms with Gasteiger partial charge in [-0.2, -0.15) is 5.26 Å². The summed E-state index contributed by atoms with van der Waals surface area (Å²) in [5.41, 5.74) is -0.798. The first-order valence-electron chi connectivity index (χ1n) is 3.10. The van der Waals surface area contributed by atoms with Crippen LogP contribution in [0.2, 0.25) is 0 Å². The first kappa shape index (κ1) is 8.59. The van der Waals surface area contributed by atoms with Gasteiger partial charge in [0, 0.05) is 6.20 Å². The lowest BCUT2D eigenvalue weighted by Gasteiger charge is -2.12. The molecule has 62 valence electrons. The summed E-state index contributed by atoms with van der Waals surface area (Å²) in [5, 5.41) is 8.24. The van der Waals surface area contributed by atoms with Crippen LogP contribution < -0.4 is 5.46 Å². The summed E-state index contributed by atoms with van der Waals surface area (Å²) in [6.45, 7) is -5.00. The summed E-state index contributed by atoms with van der Waals surface area (Å²) < 4.78 is 35.9. The van der Waals surface area contributed by atoms with Crippen LogP contribution in [0.3, 0.4) is 0 Å². The Labute approximate surface area is 66.7 Å². The number of hydrogen-bond donors (Lipinski definition) is 0. The second-order valence-corrected chi connectivity index (χ2v) is 2.16. The molecule has 1 aromatic heterocycles. The summed E-state index contributed by atoms with van der Waals surface area (Å²) >= 11 is 0. The smallest absolute Gasteiger partial charge is 0.445 e. The van der Waals surface area contributed by atoms with E-state index < -0.39 is 12.4 Å². The molecule has 0 spiro atoms. The fourth-order valence-corrected chi connectivity index (χ4v) is 0.665. The molecule has 12 heavy (non-hydrogen) atoms. The summed E-state index contributed by atoms with van der Waals surface area (Å²) in [7, 11) is 0. The average molecular weight is 171 g/mol. The highest BCUT2D eigenvalue weighted by atomic mass is 19.4. The van der Waals surface area contributed by atoms with E-state index >= 15 is 0 Å². The molecule has 2 nitrogen and oxygen atoms in total. The fraction of sp³-hybridized carbons (Fsp3) is 0. The summed E-state index contributed by atoms with van der Waals surface area (Å²) in [5.74, 6) is 0. The van der Waals surface area contributed by atoms with E-state index in [-0.39, 0.29) is 5.69 Å². The molecule has 0 amide bonds. The van der Waals surface area contributed by atoms with E-state index in [9.17, 15) is 12.9 Å². The molecule has 0 bridgehead atoms. The van der Waals surface area contributed by atoms with Crippen molar-refractivity contribution in [3.8, 4) is 6.07 Å². The number of pyridine rings is 1. The highest BCUT2D eigenvalue weighted by Crippen LogP contribution is 2.07. The Kier molecular flexibility index (Phi) is 2.04. The molecule has 0 fully saturated rings. The van der Waals surface area contributed by atoms with Crippen LogP contribution in [0.25, 0.3) is 0 Å². The predicted octanol–water partition coefficient (Wildman–Crippen LogP) is 1.01. The maximum Gasteiger partial charge on any atom is 0.511 e. The Balaban J connectivity index is 3.02. The van der Waals surface area contributed by atoms with Crippen molar-refractivity contribution >= 4 is 12.4 Å². The third kappa shape index (κ3) is 1.75. The van der Waals surface area contributed by atoms with Gasteiger partial charge in [-0.1, -0.05) is 11.5 Å². The minimum absolute atomic E-state index is 0.0150. The zero-order valence-corrected chi connectivity index (χ0v) is 5.84. The molecule has 1 rings (SSSR count). The van der Waals surface area contributed by atoms with E-state index in [4.69, 9.17) is 5.26 Å². The van der Waals surface area contributed by atoms with Crippen LogP contribution >= 0.6 is 0 Å². The van der Waals surface area contributed by atoms with E-state index in [1.165, 1.54) is 0 Å². The van der Waals surface area contributed by atoms with Gasteiger partial charge in [-0.05, 0) is 6.07 Å². The quantitative estimate of drug-likeness (QED) is 0.591. The van der Waals surface area contributed by atoms with Crippen LogP contribution in [0.4, 0.5) is 12.9 Å². The third-order valence-electron chi connectivity index (χ3n) is 1.28. The third-order valence-corrected chi connectivity index (χ3v) is 1.28. The van der Waals surface area contributed by atoms with Gasteiger partial charge in [0.05, 0.1) is 0 Å². The number of halogens is 3. The molecule has 1 aromatic rings. The highest BCUT2D eigenvalue weighted by molar-refractivity contribution is 6.73. The molecule has 0 aliphatic rings. The van der Waals surface area contributed by atoms with Gasteiger partial charge >= 0.3 is 6.98 Å². The van der Waals surface area contributed by atoms with Gasteiger partial charge in [0.1, 0.15) is 11.8 Å². The Bertz CT molecular complexity index is 311. The number of nitrogens with zero attached hydrogens (tertiary/aromatic N) is 2. The first-order valence-corrected chi connectivity index (χ1v) is 3.10. The zero-order valence-electron chi connectivity index (χ0n) is 5.84. The van der Waals surface area contributed by atoms with E-state index in [1.807, 2.05) is 0 Å². The van der Waals surface area contributed by atoms with Crippen molar-refractivity contribution in [1.82, 2.24) is 4.98 Å². The normalized spacial score (nSPS) is 10.8. The van der Waals surface area contributed by atoms with Gasteiger partial charge in [0.2, 0.25) is 0 Å². The lowest BCUT2D eigenvalue weighted by atomic mass is 9.81. The van der Waals surface area contributed by atoms with Gasteiger partial charge in [-0.25, -0.2) is 4.98 Å². The number of nitriles is 1. The average Bonchev–Trinajstić information content (AvgIpc) is 2.03. The maximum atomic E-state index is 12.0. The second-order valence-electron chi connectivity index (χ2n) is 2.16. The Morgan fingerprint density at radius 2 is 2.00 bits per heavy atom. The molecule has 0 aromatic carbocycles. The largest absolute Gasteiger partial charge is 0.511 e. The van der Waals surface area contributed by atoms with Crippen molar-refractivity contribution in [2.75, 3.05) is 0 Å². The molecule has 0 saturated heterocycles. The van der Waals surface area contributed by atoms with Crippen LogP contribution in [0.1, 0.15) is 5.69 Å². The summed E-state index contributed by atoms with van der Waals surface area (Å²) in [4.78, 5) is 3.30. The van der Waals surface area contributed by atoms with Crippen molar-refractivity contribution in [2.24, 2.45) is 0 Å². The molecule has 0 atom stereocenters. The lowest BCUT2D eigenvalue weighted by molar-refractivity contribution is 0.500. The van der Waals surface area contributed by atoms with Crippen LogP contribution in [0.15, 0.2) is 18.3 Å². The van der Waals surface area contributed by atoms with Crippen molar-refractivity contribution < 1.29 is 12.9 Å². The standard InChI is InChI=1S/C6H3BF3N2/c8-7(9,10)5-1-2-6(3-11)12-4-5/h1-2,4H/q-1. The Morgan fingerprint density at radius 1 is 1.33 bits per heavy atom. The summed E-state index contributed by atoms with van der Waals surface area (Å²) in [6.07, 6.45) is 0.665. The van der Waals surface area contributed by atoms with E-state index in [1.54, 1.807) is 6.07 Å². The topological polar surface area (TPSA) is 36.7 Å². The Morgan fingerprint density at radius 3 is 2.33 bits per heavy atom. The lowest BCUT2D eigenvalue weighted by Crippen LogP contribution is -2.34. The molecular formula is C6H3BF3N2-. The maximum absolute atomic E-state index is 12.0. The van der Waals surface area contributed by atoms with Crippen molar-refractivity contribution in [3.05, 3.63) is 24.0 Å². The zero-order chi connectivity index (χ0) is 9.19. The van der Waals surface area contributed by atoms with Crippen LogP contribution in [0, 0.1) is 11.3 Å². The van der Waals surface area contributed by atoms with Crippen LogP contribution in [0.5, 0.6) is 0 Å². The second kappa shape index (κ2) is 2.85. The monoisotopic (exact) mass is 171 g/mol. The van der Waals surface area contributed by atoms with Gasteiger partial charge in [0.15, 0.2) is 0 Å². The van der Waals surface area contributed by atoms with Gasteiger partial charge < -0.3 is 12.9 Å². The van der Waals surface area contributed by atoms with E-state index in [0.29, 0.717) is 6.20 Å². The minimum atomic E-state index is -5.00. The molecule has 0 aliphatic heterocycles. The van der Waals surface area contributed by atoms with Crippen molar-refractivity contribution in [2.45, 2.75) is 0 Å². The molecule has 0 aliphatic carbocycles. The molecule has 0 saturated carbocycles. The van der Waals surface area contributed by atoms with Gasteiger partial charge in [0.25, 0.3) is 0 Å². The van der Waals surface area contributed by atoms with E-state index in [0.717, 1.165) is 12.1 Å². The number of aromatic nitrogens is 1. The highest BCUT2D eigenvalue weighted by Gasteiger charge is 2.25. The predicted molar refractivity (Wildman–Crippen MR) is 37.7 cm³/mol. The van der Waals surface area contributed by atoms with Crippen molar-refractivity contribution in [3.63, 3.8) is 0 Å². The van der Waals surface area contributed by atoms with Crippen molar-refractivity contribution in [1.29, 1.82) is 5.26 Å². The van der Waals surface area contributed by atoms with Crippen LogP contribution in [-0.4, -0.2) is 12.0 Å². The van der Waals surface area contributed by atoms with Gasteiger partial charge in [-0.3, -0.25) is 0 Å². The SMILES string of the molecule is N#Cc1ccc([B-](F)(F)F)cn1. The van der Waals surface area contributed by atoms with Gasteiger partial charge in [-0.15, -0.1) is 0 Å². The molecular weight excluding hydrogens is 168 g/mol. The Hall–Kier alpha value is -1.51. The molecule has 0 radical (unpaired) electrons. The molecule has 6 heteroatoms. The molecule has 0 N–H and O–H groups in total. The first-order chi connectivity index (χ1) is 5.54. The minimum Gasteiger partial charge on any atom is -0.445 e. The molecule has 0 unspecified atom stereocenters. The number of hydrogen-bond acceptors (Lipinski definition) is 2.